The molecule has 1 spiro atoms. The summed E-state index contributed by atoms with van der Waals surface area (Å²) < 4.78 is 11.4. The van der Waals surface area contributed by atoms with Crippen LogP contribution in [0, 0.1) is 34.5 Å². The molecule has 4 saturated carbocycles. The third-order valence-electron chi connectivity index (χ3n) is 9.87. The third kappa shape index (κ3) is 2.38. The molecule has 0 unspecified atom stereocenters. The Morgan fingerprint density at radius 3 is 2.64 bits per heavy atom. The molecule has 0 aromatic carbocycles. The minimum absolute atomic E-state index is 0.0191. The van der Waals surface area contributed by atoms with E-state index in [2.05, 4.69) is 13.8 Å². The average Bonchev–Trinajstić information content (AvgIpc) is 3.21. The lowest BCUT2D eigenvalue weighted by atomic mass is 9.44. The molecule has 4 aliphatic carbocycles. The van der Waals surface area contributed by atoms with Gasteiger partial charge in [0.2, 0.25) is 0 Å². The standard InChI is InChI=1S/C23H34O5/c1-13(24)27-12-19(26)18-5-4-16-15-10-20-23(28-20)11-14(25)6-9-22(23,3)17(15)7-8-21(16,18)2/h14-18,20,25H,4-12H2,1-3H3/t14-,15+,16+,17+,18-,20+,21+,22-,23+/m1/s1. The van der Waals surface area contributed by atoms with Crippen molar-refractivity contribution < 1.29 is 24.2 Å². The molecule has 1 saturated heterocycles. The lowest BCUT2D eigenvalue weighted by Gasteiger charge is -2.59. The van der Waals surface area contributed by atoms with Crippen LogP contribution in [0.2, 0.25) is 0 Å². The number of fused-ring (bicyclic) bond motifs is 4. The van der Waals surface area contributed by atoms with Crippen molar-refractivity contribution in [3.8, 4) is 0 Å². The van der Waals surface area contributed by atoms with Gasteiger partial charge < -0.3 is 14.6 Å². The van der Waals surface area contributed by atoms with Crippen molar-refractivity contribution >= 4 is 11.8 Å². The van der Waals surface area contributed by atoms with E-state index in [0.717, 1.165) is 51.4 Å². The van der Waals surface area contributed by atoms with Crippen molar-refractivity contribution in [1.82, 2.24) is 0 Å². The Bertz CT molecular complexity index is 705. The number of ether oxygens (including phenoxy) is 2. The summed E-state index contributed by atoms with van der Waals surface area (Å²) in [6, 6.07) is 0. The first-order chi connectivity index (χ1) is 13.2. The molecule has 5 rings (SSSR count). The van der Waals surface area contributed by atoms with Crippen LogP contribution in [0.1, 0.15) is 72.1 Å². The zero-order valence-electron chi connectivity index (χ0n) is 17.4. The second-order valence-corrected chi connectivity index (χ2v) is 10.8. The smallest absolute Gasteiger partial charge is 0.303 e. The van der Waals surface area contributed by atoms with Crippen molar-refractivity contribution in [3.63, 3.8) is 0 Å². The molecule has 0 amide bonds. The van der Waals surface area contributed by atoms with Gasteiger partial charge in [-0.15, -0.1) is 0 Å². The predicted molar refractivity (Wildman–Crippen MR) is 102 cm³/mol. The van der Waals surface area contributed by atoms with E-state index in [4.69, 9.17) is 9.47 Å². The Hall–Kier alpha value is -0.940. The summed E-state index contributed by atoms with van der Waals surface area (Å²) in [5.41, 5.74) is 0.113. The Kier molecular flexibility index (Phi) is 4.11. The van der Waals surface area contributed by atoms with E-state index in [0.29, 0.717) is 23.9 Å². The van der Waals surface area contributed by atoms with Crippen LogP contribution in [-0.4, -0.2) is 41.3 Å². The molecule has 1 aliphatic heterocycles. The van der Waals surface area contributed by atoms with Crippen LogP contribution in [0.25, 0.3) is 0 Å². The second-order valence-electron chi connectivity index (χ2n) is 10.8. The summed E-state index contributed by atoms with van der Waals surface area (Å²) in [5.74, 6) is 1.57. The molecule has 28 heavy (non-hydrogen) atoms. The summed E-state index contributed by atoms with van der Waals surface area (Å²) in [4.78, 5) is 24.0. The van der Waals surface area contributed by atoms with Crippen LogP contribution in [0.3, 0.4) is 0 Å². The molecule has 5 heteroatoms. The second kappa shape index (κ2) is 6.04. The molecular formula is C23H34O5. The summed E-state index contributed by atoms with van der Waals surface area (Å²) in [6.07, 6.45) is 8.20. The maximum Gasteiger partial charge on any atom is 0.303 e. The monoisotopic (exact) mass is 390 g/mol. The van der Waals surface area contributed by atoms with Crippen molar-refractivity contribution in [1.29, 1.82) is 0 Å². The number of hydrogen-bond donors (Lipinski definition) is 1. The van der Waals surface area contributed by atoms with E-state index >= 15 is 0 Å². The van der Waals surface area contributed by atoms with Gasteiger partial charge in [-0.1, -0.05) is 13.8 Å². The van der Waals surface area contributed by atoms with Gasteiger partial charge in [0.1, 0.15) is 12.2 Å². The molecule has 1 heterocycles. The van der Waals surface area contributed by atoms with Gasteiger partial charge in [0, 0.05) is 24.7 Å². The van der Waals surface area contributed by atoms with Gasteiger partial charge in [0.25, 0.3) is 0 Å². The first-order valence-electron chi connectivity index (χ1n) is 11.2. The predicted octanol–water partition coefficient (Wildman–Crippen LogP) is 3.27. The van der Waals surface area contributed by atoms with E-state index in [1.165, 1.54) is 6.92 Å². The fourth-order valence-corrected chi connectivity index (χ4v) is 8.46. The topological polar surface area (TPSA) is 76.1 Å². The summed E-state index contributed by atoms with van der Waals surface area (Å²) in [5, 5.41) is 10.3. The largest absolute Gasteiger partial charge is 0.458 e. The molecule has 156 valence electrons. The summed E-state index contributed by atoms with van der Waals surface area (Å²) in [6.45, 7) is 6.04. The van der Waals surface area contributed by atoms with Gasteiger partial charge in [0.05, 0.1) is 12.2 Å². The number of carbonyl (C=O) groups excluding carboxylic acids is 2. The number of esters is 1. The fourth-order valence-electron chi connectivity index (χ4n) is 8.46. The highest BCUT2D eigenvalue weighted by atomic mass is 16.6. The Morgan fingerprint density at radius 2 is 1.89 bits per heavy atom. The molecule has 1 N–H and O–H groups in total. The molecule has 5 nitrogen and oxygen atoms in total. The van der Waals surface area contributed by atoms with E-state index in [-0.39, 0.29) is 46.8 Å². The lowest BCUT2D eigenvalue weighted by Crippen LogP contribution is -2.58. The van der Waals surface area contributed by atoms with Gasteiger partial charge in [-0.05, 0) is 68.1 Å². The number of aliphatic hydroxyl groups excluding tert-OH is 1. The minimum atomic E-state index is -0.376. The van der Waals surface area contributed by atoms with Crippen LogP contribution in [0.4, 0.5) is 0 Å². The quantitative estimate of drug-likeness (QED) is 0.591. The number of Topliss-reactive ketones (excluding diaryl/α,β-unsaturated/α-hetero) is 1. The Labute approximate surface area is 167 Å². The summed E-state index contributed by atoms with van der Waals surface area (Å²) >= 11 is 0. The zero-order chi connectivity index (χ0) is 19.9. The molecule has 9 atom stereocenters. The van der Waals surface area contributed by atoms with Gasteiger partial charge >= 0.3 is 5.97 Å². The number of epoxide rings is 1. The highest BCUT2D eigenvalue weighted by Crippen LogP contribution is 2.73. The van der Waals surface area contributed by atoms with Crippen LogP contribution in [0.5, 0.6) is 0 Å². The minimum Gasteiger partial charge on any atom is -0.458 e. The Morgan fingerprint density at radius 1 is 1.11 bits per heavy atom. The SMILES string of the molecule is CC(=O)OCC(=O)[C@H]1CC[C@H]2[C@@H]3C[C@@H]4O[C@@]45C[C@H](O)CC[C@]5(C)[C@H]3CC[C@]12C. The maximum absolute atomic E-state index is 12.8. The van der Waals surface area contributed by atoms with Gasteiger partial charge in [-0.25, -0.2) is 0 Å². The molecule has 5 fully saturated rings. The van der Waals surface area contributed by atoms with E-state index in [1.54, 1.807) is 0 Å². The van der Waals surface area contributed by atoms with E-state index in [9.17, 15) is 14.7 Å². The van der Waals surface area contributed by atoms with Gasteiger partial charge in [0.15, 0.2) is 5.78 Å². The van der Waals surface area contributed by atoms with Crippen LogP contribution in [0.15, 0.2) is 0 Å². The van der Waals surface area contributed by atoms with Crippen molar-refractivity contribution in [3.05, 3.63) is 0 Å². The first-order valence-corrected chi connectivity index (χ1v) is 11.2. The third-order valence-corrected chi connectivity index (χ3v) is 9.87. The fraction of sp³-hybridized carbons (Fsp3) is 0.913. The van der Waals surface area contributed by atoms with Crippen LogP contribution >= 0.6 is 0 Å². The normalized spacial score (nSPS) is 54.0. The van der Waals surface area contributed by atoms with Crippen LogP contribution < -0.4 is 0 Å². The number of rotatable bonds is 3. The summed E-state index contributed by atoms with van der Waals surface area (Å²) in [7, 11) is 0. The zero-order valence-corrected chi connectivity index (χ0v) is 17.4. The molecule has 0 radical (unpaired) electrons. The number of hydrogen-bond acceptors (Lipinski definition) is 5. The van der Waals surface area contributed by atoms with Crippen molar-refractivity contribution in [2.24, 2.45) is 34.5 Å². The van der Waals surface area contributed by atoms with E-state index < -0.39 is 0 Å². The molecule has 0 bridgehead atoms. The van der Waals surface area contributed by atoms with Crippen LogP contribution in [-0.2, 0) is 19.1 Å². The molecule has 0 aromatic rings. The highest BCUT2D eigenvalue weighted by Gasteiger charge is 2.76. The van der Waals surface area contributed by atoms with E-state index in [1.807, 2.05) is 0 Å². The number of aliphatic hydroxyl groups is 1. The molecular weight excluding hydrogens is 356 g/mol. The van der Waals surface area contributed by atoms with Crippen molar-refractivity contribution in [2.75, 3.05) is 6.61 Å². The highest BCUT2D eigenvalue weighted by molar-refractivity contribution is 5.85. The Balaban J connectivity index is 1.38. The lowest BCUT2D eigenvalue weighted by molar-refractivity contribution is -0.150. The van der Waals surface area contributed by atoms with Gasteiger partial charge in [-0.2, -0.15) is 0 Å². The molecule has 0 aromatic heterocycles. The molecule has 5 aliphatic rings. The average molecular weight is 391 g/mol. The first kappa shape index (κ1) is 19.0. The number of carbonyl (C=O) groups is 2. The number of ketones is 1. The van der Waals surface area contributed by atoms with Gasteiger partial charge in [-0.3, -0.25) is 9.59 Å². The maximum atomic E-state index is 12.8. The van der Waals surface area contributed by atoms with Crippen molar-refractivity contribution in [2.45, 2.75) is 89.9 Å².